The molecule has 0 spiro atoms. The lowest BCUT2D eigenvalue weighted by Crippen LogP contribution is -2.34. The minimum absolute atomic E-state index is 0.0389. The Bertz CT molecular complexity index is 1430. The van der Waals surface area contributed by atoms with Crippen molar-refractivity contribution in [1.29, 1.82) is 0 Å². The number of halogens is 5. The molecule has 176 valence electrons. The summed E-state index contributed by atoms with van der Waals surface area (Å²) in [6.45, 7) is -0.593. The predicted octanol–water partition coefficient (Wildman–Crippen LogP) is 3.45. The molecule has 33 heavy (non-hydrogen) atoms. The number of nitrogens with zero attached hydrogens (tertiary/aromatic N) is 3. The van der Waals surface area contributed by atoms with Gasteiger partial charge in [0.15, 0.2) is 17.5 Å². The van der Waals surface area contributed by atoms with Gasteiger partial charge in [-0.15, -0.1) is 0 Å². The summed E-state index contributed by atoms with van der Waals surface area (Å²) in [4.78, 5) is 16.4. The Morgan fingerprint density at radius 1 is 1.18 bits per heavy atom. The van der Waals surface area contributed by atoms with Crippen molar-refractivity contribution in [3.8, 4) is 0 Å². The molecule has 0 bridgehead atoms. The highest BCUT2D eigenvalue weighted by molar-refractivity contribution is 7.90. The summed E-state index contributed by atoms with van der Waals surface area (Å²) in [5, 5.41) is 2.02. The fourth-order valence-corrected chi connectivity index (χ4v) is 4.93. The second kappa shape index (κ2) is 8.47. The van der Waals surface area contributed by atoms with Gasteiger partial charge < -0.3 is 9.88 Å². The van der Waals surface area contributed by atoms with E-state index in [0.717, 1.165) is 8.87 Å². The number of alkyl halides is 1. The molecule has 3 aromatic rings. The summed E-state index contributed by atoms with van der Waals surface area (Å²) in [5.74, 6) is -4.67. The zero-order valence-electron chi connectivity index (χ0n) is 16.9. The van der Waals surface area contributed by atoms with Crippen molar-refractivity contribution < 1.29 is 26.0 Å². The van der Waals surface area contributed by atoms with Crippen LogP contribution >= 0.6 is 11.6 Å². The summed E-state index contributed by atoms with van der Waals surface area (Å²) in [6.07, 6.45) is -0.155. The molecule has 2 heterocycles. The minimum Gasteiger partial charge on any atom is -0.349 e. The van der Waals surface area contributed by atoms with Gasteiger partial charge in [-0.25, -0.2) is 22.5 Å². The maximum absolute atomic E-state index is 15.1. The van der Waals surface area contributed by atoms with Gasteiger partial charge >= 0.3 is 10.2 Å². The van der Waals surface area contributed by atoms with Crippen LogP contribution in [-0.4, -0.2) is 41.5 Å². The van der Waals surface area contributed by atoms with Crippen molar-refractivity contribution in [2.24, 2.45) is 7.05 Å². The molecule has 0 saturated carbocycles. The number of fused-ring (bicyclic) bond motifs is 1. The van der Waals surface area contributed by atoms with Crippen molar-refractivity contribution >= 4 is 49.8 Å². The van der Waals surface area contributed by atoms with Gasteiger partial charge in [-0.3, -0.25) is 9.52 Å². The zero-order valence-corrected chi connectivity index (χ0v) is 18.4. The molecule has 1 fully saturated rings. The van der Waals surface area contributed by atoms with Crippen LogP contribution in [0.4, 0.5) is 34.6 Å². The van der Waals surface area contributed by atoms with Crippen LogP contribution in [-0.2, 0) is 17.3 Å². The topological polar surface area (TPSA) is 96.3 Å². The maximum Gasteiger partial charge on any atom is 0.301 e. The Hall–Kier alpha value is -2.90. The predicted molar refractivity (Wildman–Crippen MR) is 115 cm³/mol. The molecular formula is C19H16ClF4N5O3S. The van der Waals surface area contributed by atoms with Crippen molar-refractivity contribution in [1.82, 2.24) is 13.9 Å². The quantitative estimate of drug-likeness (QED) is 0.409. The Kier molecular flexibility index (Phi) is 5.97. The molecule has 0 aliphatic carbocycles. The van der Waals surface area contributed by atoms with Crippen LogP contribution in [0.15, 0.2) is 29.3 Å². The van der Waals surface area contributed by atoms with Gasteiger partial charge in [-0.2, -0.15) is 12.7 Å². The average molecular weight is 506 g/mol. The monoisotopic (exact) mass is 505 g/mol. The number of aromatic nitrogens is 2. The molecule has 14 heteroatoms. The van der Waals surface area contributed by atoms with Gasteiger partial charge in [-0.1, -0.05) is 11.6 Å². The van der Waals surface area contributed by atoms with E-state index < -0.39 is 57.3 Å². The molecule has 1 aromatic heterocycles. The molecular weight excluding hydrogens is 490 g/mol. The molecule has 1 aliphatic rings. The number of rotatable bonds is 5. The van der Waals surface area contributed by atoms with E-state index in [1.807, 2.05) is 4.72 Å². The molecule has 8 nitrogen and oxygen atoms in total. The molecule has 1 atom stereocenters. The lowest BCUT2D eigenvalue weighted by atomic mass is 10.2. The van der Waals surface area contributed by atoms with Crippen LogP contribution in [0.25, 0.3) is 10.9 Å². The standard InChI is InChI=1S/C19H16ClF4N5O3S/c1-28-8-25-11-2-3-12(15(20)14(11)19(28)30)26-18-16(23)10(22)6-13(17(18)24)27-33(31,32)29-5-4-9(21)7-29/h2-3,6,8-9,26-27H,4-5,7H2,1H3. The summed E-state index contributed by atoms with van der Waals surface area (Å²) >= 11 is 6.25. The van der Waals surface area contributed by atoms with E-state index in [-0.39, 0.29) is 34.6 Å². The molecule has 2 aromatic carbocycles. The molecule has 0 amide bonds. The molecule has 1 aliphatic heterocycles. The van der Waals surface area contributed by atoms with Gasteiger partial charge in [0.1, 0.15) is 11.9 Å². The molecule has 0 radical (unpaired) electrons. The van der Waals surface area contributed by atoms with Crippen LogP contribution in [0.3, 0.4) is 0 Å². The Labute approximate surface area is 190 Å². The van der Waals surface area contributed by atoms with Gasteiger partial charge in [0, 0.05) is 26.2 Å². The van der Waals surface area contributed by atoms with Crippen LogP contribution in [0.2, 0.25) is 5.02 Å². The third kappa shape index (κ3) is 4.23. The van der Waals surface area contributed by atoms with E-state index in [1.165, 1.54) is 25.5 Å². The number of aryl methyl sites for hydroxylation is 1. The summed E-state index contributed by atoms with van der Waals surface area (Å²) < 4.78 is 85.7. The van der Waals surface area contributed by atoms with E-state index >= 15 is 4.39 Å². The van der Waals surface area contributed by atoms with Crippen molar-refractivity contribution in [2.75, 3.05) is 23.1 Å². The van der Waals surface area contributed by atoms with Crippen molar-refractivity contribution in [2.45, 2.75) is 12.6 Å². The van der Waals surface area contributed by atoms with E-state index in [1.54, 1.807) is 0 Å². The summed E-state index contributed by atoms with van der Waals surface area (Å²) in [6, 6.07) is 2.97. The summed E-state index contributed by atoms with van der Waals surface area (Å²) in [7, 11) is -3.00. The summed E-state index contributed by atoms with van der Waals surface area (Å²) in [5.41, 5.74) is -2.39. The van der Waals surface area contributed by atoms with Crippen LogP contribution in [0, 0.1) is 17.5 Å². The van der Waals surface area contributed by atoms with Crippen molar-refractivity contribution in [3.05, 3.63) is 57.4 Å². The highest BCUT2D eigenvalue weighted by Gasteiger charge is 2.33. The SMILES string of the molecule is Cn1cnc2ccc(Nc3c(F)c(F)cc(NS(=O)(=O)N4CCC(F)C4)c3F)c(Cl)c2c1=O. The Morgan fingerprint density at radius 3 is 2.58 bits per heavy atom. The first-order valence-corrected chi connectivity index (χ1v) is 11.3. The van der Waals surface area contributed by atoms with Gasteiger partial charge in [-0.05, 0) is 18.6 Å². The van der Waals surface area contributed by atoms with Crippen LogP contribution in [0.5, 0.6) is 0 Å². The molecule has 2 N–H and O–H groups in total. The normalized spacial score (nSPS) is 17.0. The second-order valence-corrected chi connectivity index (χ2v) is 9.42. The molecule has 1 unspecified atom stereocenters. The first-order valence-electron chi connectivity index (χ1n) is 9.50. The van der Waals surface area contributed by atoms with Gasteiger partial charge in [0.25, 0.3) is 5.56 Å². The number of hydrogen-bond acceptors (Lipinski definition) is 5. The first-order chi connectivity index (χ1) is 15.5. The Balaban J connectivity index is 1.75. The number of benzene rings is 2. The van der Waals surface area contributed by atoms with Crippen LogP contribution < -0.4 is 15.6 Å². The zero-order chi connectivity index (χ0) is 24.1. The number of anilines is 3. The minimum atomic E-state index is -4.43. The van der Waals surface area contributed by atoms with Gasteiger partial charge in [0.2, 0.25) is 0 Å². The fourth-order valence-electron chi connectivity index (χ4n) is 3.38. The van der Waals surface area contributed by atoms with E-state index in [0.29, 0.717) is 6.07 Å². The van der Waals surface area contributed by atoms with Crippen LogP contribution in [0.1, 0.15) is 6.42 Å². The van der Waals surface area contributed by atoms with Crippen molar-refractivity contribution in [3.63, 3.8) is 0 Å². The second-order valence-electron chi connectivity index (χ2n) is 7.37. The third-order valence-electron chi connectivity index (χ3n) is 5.11. The largest absolute Gasteiger partial charge is 0.349 e. The fraction of sp³-hybridized carbons (Fsp3) is 0.263. The highest BCUT2D eigenvalue weighted by atomic mass is 35.5. The third-order valence-corrected chi connectivity index (χ3v) is 6.99. The maximum atomic E-state index is 15.1. The Morgan fingerprint density at radius 2 is 1.91 bits per heavy atom. The lowest BCUT2D eigenvalue weighted by Gasteiger charge is -2.19. The lowest BCUT2D eigenvalue weighted by molar-refractivity contribution is 0.343. The average Bonchev–Trinajstić information content (AvgIpc) is 3.20. The van der Waals surface area contributed by atoms with E-state index in [9.17, 15) is 26.4 Å². The molecule has 1 saturated heterocycles. The smallest absolute Gasteiger partial charge is 0.301 e. The van der Waals surface area contributed by atoms with Gasteiger partial charge in [0.05, 0.1) is 33.6 Å². The van der Waals surface area contributed by atoms with E-state index in [4.69, 9.17) is 11.6 Å². The number of hydrogen-bond donors (Lipinski definition) is 2. The first kappa shape index (κ1) is 23.3. The van der Waals surface area contributed by atoms with E-state index in [2.05, 4.69) is 10.3 Å². The molecule has 4 rings (SSSR count). The number of nitrogens with one attached hydrogen (secondary N) is 2. The highest BCUT2D eigenvalue weighted by Crippen LogP contribution is 2.35.